The number of hydrogen-bond acceptors (Lipinski definition) is 10. The van der Waals surface area contributed by atoms with Crippen molar-refractivity contribution in [3.8, 4) is 17.7 Å². The molecule has 0 bridgehead atoms. The van der Waals surface area contributed by atoms with Gasteiger partial charge in [-0.1, -0.05) is 23.7 Å². The SMILES string of the molecule is COc1cc(OC)nc(-n2nc(C)c(CNC3CCC(Nc4nc(N(C)C)c5ccccc5n4)CC3)c2Cl)n1. The number of methoxy groups -OCH3 is 2. The number of aromatic nitrogens is 6. The van der Waals surface area contributed by atoms with Gasteiger partial charge in [-0.25, -0.2) is 4.98 Å². The fourth-order valence-corrected chi connectivity index (χ4v) is 5.21. The highest BCUT2D eigenvalue weighted by Crippen LogP contribution is 2.28. The average Bonchev–Trinajstić information content (AvgIpc) is 3.24. The Kier molecular flexibility index (Phi) is 7.99. The van der Waals surface area contributed by atoms with E-state index in [-0.39, 0.29) is 0 Å². The summed E-state index contributed by atoms with van der Waals surface area (Å²) in [6, 6.07) is 10.4. The van der Waals surface area contributed by atoms with Crippen LogP contribution in [0.3, 0.4) is 0 Å². The molecule has 3 heterocycles. The maximum Gasteiger partial charge on any atom is 0.258 e. The van der Waals surface area contributed by atoms with Crippen LogP contribution in [-0.4, -0.2) is 70.1 Å². The number of rotatable bonds is 9. The summed E-state index contributed by atoms with van der Waals surface area (Å²) in [5.74, 6) is 2.64. The van der Waals surface area contributed by atoms with Gasteiger partial charge in [0.25, 0.3) is 5.95 Å². The predicted molar refractivity (Wildman–Crippen MR) is 152 cm³/mol. The maximum atomic E-state index is 6.73. The van der Waals surface area contributed by atoms with Crippen LogP contribution in [0.5, 0.6) is 11.8 Å². The van der Waals surface area contributed by atoms with Crippen LogP contribution >= 0.6 is 11.6 Å². The Labute approximate surface area is 232 Å². The minimum absolute atomic E-state index is 0.297. The molecule has 1 aliphatic carbocycles. The molecular weight excluding hydrogens is 518 g/mol. The molecule has 0 aliphatic heterocycles. The molecule has 1 aliphatic rings. The Morgan fingerprint density at radius 1 is 0.974 bits per heavy atom. The fourth-order valence-electron chi connectivity index (χ4n) is 4.90. The summed E-state index contributed by atoms with van der Waals surface area (Å²) in [6.07, 6.45) is 4.11. The van der Waals surface area contributed by atoms with Gasteiger partial charge in [-0.2, -0.15) is 24.7 Å². The molecule has 2 N–H and O–H groups in total. The minimum Gasteiger partial charge on any atom is -0.481 e. The minimum atomic E-state index is 0.297. The molecule has 0 saturated heterocycles. The number of benzene rings is 1. The van der Waals surface area contributed by atoms with Crippen molar-refractivity contribution in [1.29, 1.82) is 0 Å². The second-order valence-corrected chi connectivity index (χ2v) is 10.2. The van der Waals surface area contributed by atoms with Gasteiger partial charge in [0, 0.05) is 43.7 Å². The van der Waals surface area contributed by atoms with Crippen molar-refractivity contribution < 1.29 is 9.47 Å². The summed E-state index contributed by atoms with van der Waals surface area (Å²) in [5.41, 5.74) is 2.68. The Hall–Kier alpha value is -3.70. The monoisotopic (exact) mass is 551 g/mol. The molecule has 0 spiro atoms. The van der Waals surface area contributed by atoms with Gasteiger partial charge in [0.05, 0.1) is 31.5 Å². The van der Waals surface area contributed by atoms with Gasteiger partial charge in [0.15, 0.2) is 0 Å². The van der Waals surface area contributed by atoms with Crippen molar-refractivity contribution >= 4 is 34.3 Å². The lowest BCUT2D eigenvalue weighted by atomic mass is 9.91. The molecule has 0 amide bonds. The van der Waals surface area contributed by atoms with E-state index >= 15 is 0 Å². The Morgan fingerprint density at radius 3 is 2.31 bits per heavy atom. The third kappa shape index (κ3) is 5.84. The molecule has 0 unspecified atom stereocenters. The molecule has 12 heteroatoms. The third-order valence-electron chi connectivity index (χ3n) is 7.03. The van der Waals surface area contributed by atoms with Crippen LogP contribution in [0.15, 0.2) is 30.3 Å². The van der Waals surface area contributed by atoms with Gasteiger partial charge in [0.2, 0.25) is 17.7 Å². The lowest BCUT2D eigenvalue weighted by Gasteiger charge is -2.30. The number of para-hydroxylation sites is 1. The zero-order chi connectivity index (χ0) is 27.5. The van der Waals surface area contributed by atoms with Crippen molar-refractivity contribution in [3.05, 3.63) is 46.7 Å². The lowest BCUT2D eigenvalue weighted by Crippen LogP contribution is -2.37. The van der Waals surface area contributed by atoms with Crippen molar-refractivity contribution in [1.82, 2.24) is 35.0 Å². The molecule has 39 heavy (non-hydrogen) atoms. The van der Waals surface area contributed by atoms with E-state index in [4.69, 9.17) is 31.0 Å². The van der Waals surface area contributed by atoms with Gasteiger partial charge in [-0.05, 0) is 44.7 Å². The van der Waals surface area contributed by atoms with Crippen molar-refractivity contribution in [2.45, 2.75) is 51.2 Å². The van der Waals surface area contributed by atoms with E-state index in [9.17, 15) is 0 Å². The third-order valence-corrected chi connectivity index (χ3v) is 7.42. The number of ether oxygens (including phenoxy) is 2. The molecule has 11 nitrogen and oxygen atoms in total. The number of halogens is 1. The quantitative estimate of drug-likeness (QED) is 0.314. The van der Waals surface area contributed by atoms with Crippen LogP contribution < -0.4 is 25.0 Å². The standard InChI is InChI=1S/C27H34ClN9O2/c1-16-20(24(28)37(35-16)27-32-22(38-4)14-23(33-27)39-5)15-29-17-10-12-18(13-11-17)30-26-31-21-9-7-6-8-19(21)25(34-26)36(2)3/h6-9,14,17-18,29H,10-13,15H2,1-5H3,(H,30,31,34). The van der Waals surface area contributed by atoms with E-state index in [1.54, 1.807) is 6.07 Å². The Morgan fingerprint density at radius 2 is 1.64 bits per heavy atom. The maximum absolute atomic E-state index is 6.73. The topological polar surface area (TPSA) is 115 Å². The Balaban J connectivity index is 1.20. The second-order valence-electron chi connectivity index (χ2n) is 9.88. The van der Waals surface area contributed by atoms with E-state index in [0.717, 1.165) is 53.7 Å². The zero-order valence-electron chi connectivity index (χ0n) is 22.9. The summed E-state index contributed by atoms with van der Waals surface area (Å²) < 4.78 is 12.0. The number of fused-ring (bicyclic) bond motifs is 1. The summed E-state index contributed by atoms with van der Waals surface area (Å²) in [5, 5.41) is 13.3. The summed E-state index contributed by atoms with van der Waals surface area (Å²) in [7, 11) is 7.09. The number of anilines is 2. The molecule has 4 aromatic rings. The first kappa shape index (κ1) is 26.9. The molecule has 5 rings (SSSR count). The molecular formula is C27H34ClN9O2. The highest BCUT2D eigenvalue weighted by Gasteiger charge is 2.24. The summed E-state index contributed by atoms with van der Waals surface area (Å²) >= 11 is 6.73. The highest BCUT2D eigenvalue weighted by molar-refractivity contribution is 6.30. The van der Waals surface area contributed by atoms with Crippen molar-refractivity contribution in [3.63, 3.8) is 0 Å². The van der Waals surface area contributed by atoms with E-state index in [0.29, 0.717) is 47.4 Å². The smallest absolute Gasteiger partial charge is 0.258 e. The zero-order valence-corrected chi connectivity index (χ0v) is 23.7. The van der Waals surface area contributed by atoms with Crippen molar-refractivity contribution in [2.24, 2.45) is 0 Å². The predicted octanol–water partition coefficient (Wildman–Crippen LogP) is 4.16. The molecule has 0 atom stereocenters. The molecule has 0 radical (unpaired) electrons. The summed E-state index contributed by atoms with van der Waals surface area (Å²) in [6.45, 7) is 2.54. The second kappa shape index (κ2) is 11.6. The first-order valence-electron chi connectivity index (χ1n) is 13.0. The van der Waals surface area contributed by atoms with E-state index in [1.165, 1.54) is 18.9 Å². The first-order valence-corrected chi connectivity index (χ1v) is 13.4. The normalized spacial score (nSPS) is 17.3. The van der Waals surface area contributed by atoms with Gasteiger partial charge in [0.1, 0.15) is 11.0 Å². The van der Waals surface area contributed by atoms with Crippen molar-refractivity contribution in [2.75, 3.05) is 38.5 Å². The molecule has 3 aromatic heterocycles. The molecule has 206 valence electrons. The summed E-state index contributed by atoms with van der Waals surface area (Å²) in [4.78, 5) is 20.3. The van der Waals surface area contributed by atoms with E-state index < -0.39 is 0 Å². The molecule has 1 saturated carbocycles. The molecule has 1 aromatic carbocycles. The van der Waals surface area contributed by atoms with Gasteiger partial charge in [-0.3, -0.25) is 0 Å². The van der Waals surface area contributed by atoms with Crippen LogP contribution in [0.25, 0.3) is 16.9 Å². The van der Waals surface area contributed by atoms with Gasteiger partial charge in [-0.15, -0.1) is 0 Å². The lowest BCUT2D eigenvalue weighted by molar-refractivity contribution is 0.352. The highest BCUT2D eigenvalue weighted by atomic mass is 35.5. The van der Waals surface area contributed by atoms with Crippen LogP contribution in [0.2, 0.25) is 5.15 Å². The van der Waals surface area contributed by atoms with Crippen LogP contribution in [-0.2, 0) is 6.54 Å². The number of nitrogens with zero attached hydrogens (tertiary/aromatic N) is 7. The van der Waals surface area contributed by atoms with Gasteiger partial charge < -0.3 is 25.0 Å². The van der Waals surface area contributed by atoms with E-state index in [2.05, 4.69) is 31.8 Å². The Bertz CT molecular complexity index is 1430. The molecule has 1 fully saturated rings. The number of nitrogens with one attached hydrogen (secondary N) is 2. The fraction of sp³-hybridized carbons (Fsp3) is 0.444. The number of aryl methyl sites for hydroxylation is 1. The largest absolute Gasteiger partial charge is 0.481 e. The van der Waals surface area contributed by atoms with Gasteiger partial charge >= 0.3 is 0 Å². The first-order chi connectivity index (χ1) is 18.9. The number of hydrogen-bond donors (Lipinski definition) is 2. The van der Waals surface area contributed by atoms with Crippen LogP contribution in [0.1, 0.15) is 36.9 Å². The van der Waals surface area contributed by atoms with Crippen LogP contribution in [0, 0.1) is 6.92 Å². The van der Waals surface area contributed by atoms with Crippen LogP contribution in [0.4, 0.5) is 11.8 Å². The average molecular weight is 552 g/mol. The van der Waals surface area contributed by atoms with E-state index in [1.807, 2.05) is 44.1 Å².